The Bertz CT molecular complexity index is 575. The van der Waals surface area contributed by atoms with Crippen LogP contribution in [0.25, 0.3) is 0 Å². The molecule has 1 amide bonds. The van der Waals surface area contributed by atoms with Crippen LogP contribution in [0.5, 0.6) is 5.75 Å². The zero-order chi connectivity index (χ0) is 17.1. The van der Waals surface area contributed by atoms with E-state index in [1.54, 1.807) is 7.11 Å². The SMILES string of the molecule is COc1ccccc1CN1CC[C@@H]2OCC(=O)N(C(C)C)[C@H]2CC1. The summed E-state index contributed by atoms with van der Waals surface area (Å²) in [6, 6.07) is 8.62. The molecule has 0 aliphatic carbocycles. The van der Waals surface area contributed by atoms with Crippen LogP contribution in [-0.2, 0) is 16.1 Å². The highest BCUT2D eigenvalue weighted by Crippen LogP contribution is 2.27. The van der Waals surface area contributed by atoms with Crippen molar-refractivity contribution >= 4 is 5.91 Å². The number of morpholine rings is 1. The quantitative estimate of drug-likeness (QED) is 0.848. The zero-order valence-electron chi connectivity index (χ0n) is 14.9. The minimum absolute atomic E-state index is 0.129. The highest BCUT2D eigenvalue weighted by molar-refractivity contribution is 5.78. The van der Waals surface area contributed by atoms with E-state index in [9.17, 15) is 4.79 Å². The van der Waals surface area contributed by atoms with Gasteiger partial charge in [-0.2, -0.15) is 0 Å². The first kappa shape index (κ1) is 17.2. The van der Waals surface area contributed by atoms with Gasteiger partial charge in [0.1, 0.15) is 12.4 Å². The lowest BCUT2D eigenvalue weighted by atomic mass is 10.0. The van der Waals surface area contributed by atoms with Gasteiger partial charge in [-0.25, -0.2) is 0 Å². The number of amides is 1. The number of hydrogen-bond acceptors (Lipinski definition) is 4. The number of carbonyl (C=O) groups excluding carboxylic acids is 1. The molecule has 2 heterocycles. The van der Waals surface area contributed by atoms with E-state index in [1.165, 1.54) is 5.56 Å². The van der Waals surface area contributed by atoms with Gasteiger partial charge in [0, 0.05) is 31.2 Å². The molecule has 2 saturated heterocycles. The topological polar surface area (TPSA) is 42.0 Å². The second-order valence-corrected chi connectivity index (χ2v) is 6.98. The van der Waals surface area contributed by atoms with Crippen LogP contribution in [0.3, 0.4) is 0 Å². The normalized spacial score (nSPS) is 25.5. The van der Waals surface area contributed by atoms with E-state index in [0.717, 1.165) is 38.2 Å². The molecule has 0 radical (unpaired) electrons. The molecule has 2 atom stereocenters. The van der Waals surface area contributed by atoms with Crippen LogP contribution < -0.4 is 4.74 Å². The van der Waals surface area contributed by atoms with Crippen LogP contribution >= 0.6 is 0 Å². The second kappa shape index (κ2) is 7.53. The third kappa shape index (κ3) is 3.57. The lowest BCUT2D eigenvalue weighted by Crippen LogP contribution is -2.56. The summed E-state index contributed by atoms with van der Waals surface area (Å²) in [6.45, 7) is 7.25. The molecule has 0 bridgehead atoms. The Morgan fingerprint density at radius 1 is 1.25 bits per heavy atom. The van der Waals surface area contributed by atoms with Gasteiger partial charge in [0.05, 0.1) is 19.3 Å². The summed E-state index contributed by atoms with van der Waals surface area (Å²) in [4.78, 5) is 16.7. The Kier molecular flexibility index (Phi) is 5.41. The fourth-order valence-electron chi connectivity index (χ4n) is 3.97. The van der Waals surface area contributed by atoms with E-state index in [2.05, 4.69) is 30.9 Å². The van der Waals surface area contributed by atoms with Crippen molar-refractivity contribution in [3.63, 3.8) is 0 Å². The molecule has 5 heteroatoms. The number of hydrogen-bond donors (Lipinski definition) is 0. The third-order valence-corrected chi connectivity index (χ3v) is 5.11. The maximum atomic E-state index is 12.2. The van der Waals surface area contributed by atoms with Crippen molar-refractivity contribution < 1.29 is 14.3 Å². The molecule has 0 spiro atoms. The van der Waals surface area contributed by atoms with Gasteiger partial charge >= 0.3 is 0 Å². The summed E-state index contributed by atoms with van der Waals surface area (Å²) in [5, 5.41) is 0. The smallest absolute Gasteiger partial charge is 0.249 e. The number of carbonyl (C=O) groups is 1. The van der Waals surface area contributed by atoms with Gasteiger partial charge in [-0.15, -0.1) is 0 Å². The first-order chi connectivity index (χ1) is 11.6. The molecule has 24 heavy (non-hydrogen) atoms. The van der Waals surface area contributed by atoms with Gasteiger partial charge in [-0.3, -0.25) is 9.69 Å². The van der Waals surface area contributed by atoms with E-state index in [0.29, 0.717) is 0 Å². The summed E-state index contributed by atoms with van der Waals surface area (Å²) >= 11 is 0. The maximum Gasteiger partial charge on any atom is 0.249 e. The summed E-state index contributed by atoms with van der Waals surface area (Å²) in [5.74, 6) is 1.07. The number of fused-ring (bicyclic) bond motifs is 1. The minimum atomic E-state index is 0.129. The number of methoxy groups -OCH3 is 1. The van der Waals surface area contributed by atoms with Crippen LogP contribution in [-0.4, -0.2) is 60.7 Å². The molecule has 3 rings (SSSR count). The maximum absolute atomic E-state index is 12.2. The Balaban J connectivity index is 1.69. The monoisotopic (exact) mass is 332 g/mol. The molecule has 2 fully saturated rings. The van der Waals surface area contributed by atoms with E-state index in [1.807, 2.05) is 17.0 Å². The highest BCUT2D eigenvalue weighted by atomic mass is 16.5. The standard InChI is InChI=1S/C19H28N2O3/c1-14(2)21-16-8-10-20(11-9-18(16)24-13-19(21)22)12-15-6-4-5-7-17(15)23-3/h4-7,14,16,18H,8-13H2,1-3H3/t16-,18-/m0/s1. The average molecular weight is 332 g/mol. The molecule has 132 valence electrons. The van der Waals surface area contributed by atoms with Crippen molar-refractivity contribution in [2.24, 2.45) is 0 Å². The molecule has 0 N–H and O–H groups in total. The Labute approximate surface area is 144 Å². The van der Waals surface area contributed by atoms with Gasteiger partial charge < -0.3 is 14.4 Å². The molecular weight excluding hydrogens is 304 g/mol. The van der Waals surface area contributed by atoms with Gasteiger partial charge in [-0.05, 0) is 32.8 Å². The van der Waals surface area contributed by atoms with Crippen molar-refractivity contribution in [1.29, 1.82) is 0 Å². The minimum Gasteiger partial charge on any atom is -0.496 e. The van der Waals surface area contributed by atoms with Crippen LogP contribution in [0.4, 0.5) is 0 Å². The van der Waals surface area contributed by atoms with Gasteiger partial charge in [0.2, 0.25) is 5.91 Å². The number of ether oxygens (including phenoxy) is 2. The van der Waals surface area contributed by atoms with Gasteiger partial charge in [0.15, 0.2) is 0 Å². The number of rotatable bonds is 4. The summed E-state index contributed by atoms with van der Waals surface area (Å²) in [7, 11) is 1.72. The molecule has 1 aromatic rings. The molecule has 0 unspecified atom stereocenters. The second-order valence-electron chi connectivity index (χ2n) is 6.98. The molecule has 2 aliphatic rings. The predicted molar refractivity (Wildman–Crippen MR) is 93.0 cm³/mol. The van der Waals surface area contributed by atoms with E-state index >= 15 is 0 Å². The number of likely N-dealkylation sites (tertiary alicyclic amines) is 1. The number of nitrogens with zero attached hydrogens (tertiary/aromatic N) is 2. The summed E-state index contributed by atoms with van der Waals surface area (Å²) in [5.41, 5.74) is 1.21. The van der Waals surface area contributed by atoms with Crippen molar-refractivity contribution in [3.8, 4) is 5.75 Å². The summed E-state index contributed by atoms with van der Waals surface area (Å²) in [6.07, 6.45) is 2.09. The average Bonchev–Trinajstić information content (AvgIpc) is 2.77. The molecule has 0 saturated carbocycles. The predicted octanol–water partition coefficient (Wildman–Crippen LogP) is 2.30. The van der Waals surface area contributed by atoms with E-state index in [-0.39, 0.29) is 30.7 Å². The Morgan fingerprint density at radius 2 is 2.00 bits per heavy atom. The van der Waals surface area contributed by atoms with Crippen LogP contribution in [0.1, 0.15) is 32.3 Å². The van der Waals surface area contributed by atoms with E-state index in [4.69, 9.17) is 9.47 Å². The fraction of sp³-hybridized carbons (Fsp3) is 0.632. The van der Waals surface area contributed by atoms with Crippen LogP contribution in [0.15, 0.2) is 24.3 Å². The van der Waals surface area contributed by atoms with Crippen LogP contribution in [0.2, 0.25) is 0 Å². The van der Waals surface area contributed by atoms with Gasteiger partial charge in [-0.1, -0.05) is 18.2 Å². The number of benzene rings is 1. The molecule has 2 aliphatic heterocycles. The fourth-order valence-corrected chi connectivity index (χ4v) is 3.97. The Morgan fingerprint density at radius 3 is 2.75 bits per heavy atom. The molecule has 0 aromatic heterocycles. The molecular formula is C19H28N2O3. The lowest BCUT2D eigenvalue weighted by molar-refractivity contribution is -0.160. The van der Waals surface area contributed by atoms with Crippen molar-refractivity contribution in [2.45, 2.75) is 51.4 Å². The van der Waals surface area contributed by atoms with Gasteiger partial charge in [0.25, 0.3) is 0 Å². The lowest BCUT2D eigenvalue weighted by Gasteiger charge is -2.42. The highest BCUT2D eigenvalue weighted by Gasteiger charge is 2.39. The first-order valence-electron chi connectivity index (χ1n) is 8.87. The molecule has 5 nitrogen and oxygen atoms in total. The zero-order valence-corrected chi connectivity index (χ0v) is 14.9. The number of para-hydroxylation sites is 1. The molecule has 1 aromatic carbocycles. The summed E-state index contributed by atoms with van der Waals surface area (Å²) < 4.78 is 11.3. The first-order valence-corrected chi connectivity index (χ1v) is 8.87. The Hall–Kier alpha value is -1.59. The largest absolute Gasteiger partial charge is 0.496 e. The third-order valence-electron chi connectivity index (χ3n) is 5.11. The van der Waals surface area contributed by atoms with Crippen molar-refractivity contribution in [3.05, 3.63) is 29.8 Å². The van der Waals surface area contributed by atoms with Crippen molar-refractivity contribution in [2.75, 3.05) is 26.8 Å². The van der Waals surface area contributed by atoms with Crippen molar-refractivity contribution in [1.82, 2.24) is 9.80 Å². The van der Waals surface area contributed by atoms with E-state index < -0.39 is 0 Å². The van der Waals surface area contributed by atoms with Crippen LogP contribution in [0, 0.1) is 0 Å².